The topological polar surface area (TPSA) is 29.1 Å². The molecule has 0 heterocycles. The van der Waals surface area contributed by atoms with E-state index in [1.807, 2.05) is 0 Å². The maximum Gasteiger partial charge on any atom is 0.389 e. The van der Waals surface area contributed by atoms with Crippen molar-refractivity contribution in [2.75, 3.05) is 11.2 Å². The Morgan fingerprint density at radius 2 is 1.83 bits per heavy atom. The summed E-state index contributed by atoms with van der Waals surface area (Å²) in [5.41, 5.74) is 1.50. The van der Waals surface area contributed by atoms with Crippen molar-refractivity contribution in [1.82, 2.24) is 0 Å². The normalized spacial score (nSPS) is 11.3. The number of rotatable bonds is 5. The molecule has 1 aromatic carbocycles. The van der Waals surface area contributed by atoms with Gasteiger partial charge in [0, 0.05) is 18.0 Å². The average Bonchev–Trinajstić information content (AvgIpc) is 2.29. The van der Waals surface area contributed by atoms with E-state index in [0.29, 0.717) is 18.0 Å². The van der Waals surface area contributed by atoms with Gasteiger partial charge in [-0.05, 0) is 24.1 Å². The van der Waals surface area contributed by atoms with Crippen molar-refractivity contribution < 1.29 is 18.0 Å². The smallest absolute Gasteiger partial charge is 0.326 e. The van der Waals surface area contributed by atoms with E-state index in [0.717, 1.165) is 5.56 Å². The molecule has 0 aliphatic rings. The van der Waals surface area contributed by atoms with Gasteiger partial charge in [0.25, 0.3) is 0 Å². The first-order valence-corrected chi connectivity index (χ1v) is 5.95. The molecule has 0 bridgehead atoms. The Labute approximate surface area is 108 Å². The molecule has 0 aromatic heterocycles. The van der Waals surface area contributed by atoms with Crippen LogP contribution in [0.5, 0.6) is 0 Å². The van der Waals surface area contributed by atoms with Gasteiger partial charge in [0.1, 0.15) is 0 Å². The Kier molecular flexibility index (Phi) is 5.47. The standard InChI is InChI=1S/C12H13ClF3NO/c13-8-6-9-1-3-10(4-2-9)17-11(18)5-7-12(14,15)16/h1-4H,5-8H2,(H,17,18). The summed E-state index contributed by atoms with van der Waals surface area (Å²) >= 11 is 5.57. The van der Waals surface area contributed by atoms with E-state index in [1.54, 1.807) is 24.3 Å². The van der Waals surface area contributed by atoms with Crippen LogP contribution in [0.2, 0.25) is 0 Å². The number of aryl methyl sites for hydroxylation is 1. The summed E-state index contributed by atoms with van der Waals surface area (Å²) < 4.78 is 35.7. The summed E-state index contributed by atoms with van der Waals surface area (Å²) in [6.45, 7) is 0. The molecule has 18 heavy (non-hydrogen) atoms. The van der Waals surface area contributed by atoms with E-state index in [1.165, 1.54) is 0 Å². The lowest BCUT2D eigenvalue weighted by Gasteiger charge is -2.08. The third-order valence-electron chi connectivity index (χ3n) is 2.26. The van der Waals surface area contributed by atoms with Crippen LogP contribution in [-0.2, 0) is 11.2 Å². The molecule has 0 radical (unpaired) electrons. The van der Waals surface area contributed by atoms with E-state index >= 15 is 0 Å². The number of carbonyl (C=O) groups excluding carboxylic acids is 1. The molecule has 0 fully saturated rings. The number of hydrogen-bond acceptors (Lipinski definition) is 1. The molecule has 0 saturated heterocycles. The lowest BCUT2D eigenvalue weighted by Crippen LogP contribution is -2.16. The minimum Gasteiger partial charge on any atom is -0.326 e. The highest BCUT2D eigenvalue weighted by molar-refractivity contribution is 6.17. The number of carbonyl (C=O) groups is 1. The quantitative estimate of drug-likeness (QED) is 0.817. The van der Waals surface area contributed by atoms with Crippen molar-refractivity contribution in [3.8, 4) is 0 Å². The van der Waals surface area contributed by atoms with Gasteiger partial charge < -0.3 is 5.32 Å². The van der Waals surface area contributed by atoms with Gasteiger partial charge >= 0.3 is 6.18 Å². The highest BCUT2D eigenvalue weighted by Crippen LogP contribution is 2.21. The molecule has 100 valence electrons. The predicted octanol–water partition coefficient (Wildman–Crippen LogP) is 3.75. The Bertz CT molecular complexity index is 389. The molecule has 1 aromatic rings. The molecular weight excluding hydrogens is 267 g/mol. The van der Waals surface area contributed by atoms with Crippen LogP contribution < -0.4 is 5.32 Å². The molecule has 0 aliphatic heterocycles. The molecule has 0 saturated carbocycles. The molecule has 1 rings (SSSR count). The van der Waals surface area contributed by atoms with Crippen LogP contribution >= 0.6 is 11.6 Å². The molecule has 1 amide bonds. The number of alkyl halides is 4. The summed E-state index contributed by atoms with van der Waals surface area (Å²) in [6.07, 6.45) is -5.26. The first kappa shape index (κ1) is 14.8. The Hall–Kier alpha value is -1.23. The summed E-state index contributed by atoms with van der Waals surface area (Å²) in [6, 6.07) is 6.85. The maximum absolute atomic E-state index is 11.9. The highest BCUT2D eigenvalue weighted by atomic mass is 35.5. The van der Waals surface area contributed by atoms with Gasteiger partial charge in [-0.2, -0.15) is 13.2 Å². The molecule has 2 nitrogen and oxygen atoms in total. The molecule has 1 N–H and O–H groups in total. The molecule has 0 atom stereocenters. The van der Waals surface area contributed by atoms with Crippen LogP contribution in [0.1, 0.15) is 18.4 Å². The van der Waals surface area contributed by atoms with E-state index in [9.17, 15) is 18.0 Å². The van der Waals surface area contributed by atoms with Crippen molar-refractivity contribution >= 4 is 23.2 Å². The van der Waals surface area contributed by atoms with Crippen molar-refractivity contribution in [1.29, 1.82) is 0 Å². The largest absolute Gasteiger partial charge is 0.389 e. The molecule has 6 heteroatoms. The van der Waals surface area contributed by atoms with E-state index in [2.05, 4.69) is 5.32 Å². The van der Waals surface area contributed by atoms with Gasteiger partial charge in [0.05, 0.1) is 6.42 Å². The maximum atomic E-state index is 11.9. The lowest BCUT2D eigenvalue weighted by molar-refractivity contribution is -0.142. The Morgan fingerprint density at radius 1 is 1.22 bits per heavy atom. The summed E-state index contributed by atoms with van der Waals surface area (Å²) in [5, 5.41) is 2.41. The van der Waals surface area contributed by atoms with Gasteiger partial charge in [-0.15, -0.1) is 11.6 Å². The van der Waals surface area contributed by atoms with Gasteiger partial charge in [-0.1, -0.05) is 12.1 Å². The minimum absolute atomic E-state index is 0.487. The number of benzene rings is 1. The SMILES string of the molecule is O=C(CCC(F)(F)F)Nc1ccc(CCCl)cc1. The molecular formula is C12H13ClF3NO. The second-order valence-electron chi connectivity index (χ2n) is 3.80. The average molecular weight is 280 g/mol. The number of amides is 1. The van der Waals surface area contributed by atoms with Crippen LogP contribution in [0, 0.1) is 0 Å². The third-order valence-corrected chi connectivity index (χ3v) is 2.45. The third kappa shape index (κ3) is 5.91. The van der Waals surface area contributed by atoms with Crippen LogP contribution in [0.4, 0.5) is 18.9 Å². The van der Waals surface area contributed by atoms with Crippen molar-refractivity contribution in [3.05, 3.63) is 29.8 Å². The Balaban J connectivity index is 2.44. The van der Waals surface area contributed by atoms with E-state index in [-0.39, 0.29) is 0 Å². The summed E-state index contributed by atoms with van der Waals surface area (Å²) in [4.78, 5) is 11.2. The predicted molar refractivity (Wildman–Crippen MR) is 64.8 cm³/mol. The lowest BCUT2D eigenvalue weighted by atomic mass is 10.1. The zero-order valence-corrected chi connectivity index (χ0v) is 10.3. The monoisotopic (exact) mass is 279 g/mol. The van der Waals surface area contributed by atoms with Gasteiger partial charge in [-0.25, -0.2) is 0 Å². The summed E-state index contributed by atoms with van der Waals surface area (Å²) in [7, 11) is 0. The Morgan fingerprint density at radius 3 is 2.33 bits per heavy atom. The zero-order valence-electron chi connectivity index (χ0n) is 9.56. The first-order valence-electron chi connectivity index (χ1n) is 5.42. The zero-order chi connectivity index (χ0) is 13.6. The van der Waals surface area contributed by atoms with Crippen molar-refractivity contribution in [2.45, 2.75) is 25.4 Å². The number of nitrogens with one attached hydrogen (secondary N) is 1. The molecule has 0 spiro atoms. The first-order chi connectivity index (χ1) is 8.40. The fourth-order valence-corrected chi connectivity index (χ4v) is 1.56. The second kappa shape index (κ2) is 6.64. The molecule has 0 unspecified atom stereocenters. The van der Waals surface area contributed by atoms with Gasteiger partial charge in [0.2, 0.25) is 5.91 Å². The van der Waals surface area contributed by atoms with Crippen LogP contribution in [0.3, 0.4) is 0 Å². The molecule has 0 aliphatic carbocycles. The van der Waals surface area contributed by atoms with E-state index < -0.39 is 24.9 Å². The van der Waals surface area contributed by atoms with Gasteiger partial charge in [-0.3, -0.25) is 4.79 Å². The van der Waals surface area contributed by atoms with Crippen LogP contribution in [0.25, 0.3) is 0 Å². The fourth-order valence-electron chi connectivity index (χ4n) is 1.34. The van der Waals surface area contributed by atoms with Gasteiger partial charge in [0.15, 0.2) is 0 Å². The number of anilines is 1. The van der Waals surface area contributed by atoms with E-state index in [4.69, 9.17) is 11.6 Å². The number of halogens is 4. The highest BCUT2D eigenvalue weighted by Gasteiger charge is 2.27. The van der Waals surface area contributed by atoms with Crippen molar-refractivity contribution in [2.24, 2.45) is 0 Å². The van der Waals surface area contributed by atoms with Crippen LogP contribution in [-0.4, -0.2) is 18.0 Å². The van der Waals surface area contributed by atoms with Crippen LogP contribution in [0.15, 0.2) is 24.3 Å². The fraction of sp³-hybridized carbons (Fsp3) is 0.417. The number of hydrogen-bond donors (Lipinski definition) is 1. The van der Waals surface area contributed by atoms with Crippen molar-refractivity contribution in [3.63, 3.8) is 0 Å². The summed E-state index contributed by atoms with van der Waals surface area (Å²) in [5.74, 6) is -0.144. The minimum atomic E-state index is -4.30. The second-order valence-corrected chi connectivity index (χ2v) is 4.18.